The molecule has 94 valence electrons. The quantitative estimate of drug-likeness (QED) is 0.768. The van der Waals surface area contributed by atoms with Gasteiger partial charge < -0.3 is 5.11 Å². The number of rotatable bonds is 1. The Kier molecular flexibility index (Phi) is 3.16. The zero-order valence-corrected chi connectivity index (χ0v) is 11.5. The first-order valence-corrected chi connectivity index (χ1v) is 6.28. The van der Waals surface area contributed by atoms with Gasteiger partial charge in [0.05, 0.1) is 0 Å². The van der Waals surface area contributed by atoms with Gasteiger partial charge in [-0.05, 0) is 46.7 Å². The van der Waals surface area contributed by atoms with Gasteiger partial charge >= 0.3 is 0 Å². The number of phenols is 1. The molecule has 0 radical (unpaired) electrons. The summed E-state index contributed by atoms with van der Waals surface area (Å²) in [5.74, 6) is 0.322. The lowest BCUT2D eigenvalue weighted by atomic mass is 9.86. The number of hydrogen-bond donors (Lipinski definition) is 1. The summed E-state index contributed by atoms with van der Waals surface area (Å²) in [4.78, 5) is 0. The van der Waals surface area contributed by atoms with E-state index in [1.165, 1.54) is 16.7 Å². The molecule has 1 N–H and O–H groups in total. The van der Waals surface area contributed by atoms with Crippen LogP contribution in [-0.2, 0) is 5.41 Å². The van der Waals surface area contributed by atoms with Crippen molar-refractivity contribution in [3.8, 4) is 16.9 Å². The van der Waals surface area contributed by atoms with Crippen molar-refractivity contribution in [2.75, 3.05) is 0 Å². The predicted molar refractivity (Wildman–Crippen MR) is 77.0 cm³/mol. The van der Waals surface area contributed by atoms with Gasteiger partial charge in [0.1, 0.15) is 5.75 Å². The molecule has 0 amide bonds. The summed E-state index contributed by atoms with van der Waals surface area (Å²) in [6, 6.07) is 14.2. The minimum absolute atomic E-state index is 0.183. The van der Waals surface area contributed by atoms with Crippen LogP contribution in [-0.4, -0.2) is 5.11 Å². The molecule has 0 saturated heterocycles. The fourth-order valence-corrected chi connectivity index (χ4v) is 2.12. The second-order valence-corrected chi connectivity index (χ2v) is 5.83. The van der Waals surface area contributed by atoms with E-state index in [0.717, 1.165) is 5.56 Å². The van der Waals surface area contributed by atoms with Gasteiger partial charge in [-0.1, -0.05) is 51.1 Å². The Labute approximate surface area is 109 Å². The number of aryl methyl sites for hydroxylation is 1. The number of benzene rings is 2. The van der Waals surface area contributed by atoms with Crippen molar-refractivity contribution in [1.82, 2.24) is 0 Å². The van der Waals surface area contributed by atoms with Gasteiger partial charge in [0.25, 0.3) is 0 Å². The van der Waals surface area contributed by atoms with Gasteiger partial charge in [-0.15, -0.1) is 0 Å². The van der Waals surface area contributed by atoms with Gasteiger partial charge in [0.2, 0.25) is 0 Å². The lowest BCUT2D eigenvalue weighted by molar-refractivity contribution is 0.475. The van der Waals surface area contributed by atoms with Gasteiger partial charge in [0, 0.05) is 0 Å². The zero-order chi connectivity index (χ0) is 13.3. The summed E-state index contributed by atoms with van der Waals surface area (Å²) in [7, 11) is 0. The van der Waals surface area contributed by atoms with Crippen molar-refractivity contribution in [3.63, 3.8) is 0 Å². The second kappa shape index (κ2) is 4.49. The van der Waals surface area contributed by atoms with Crippen molar-refractivity contribution >= 4 is 0 Å². The standard InChI is InChI=1S/C17H20O/c1-12-11-15(18)9-10-16(12)13-5-7-14(8-6-13)17(2,3)4/h5-11,18H,1-4H3. The van der Waals surface area contributed by atoms with Crippen LogP contribution in [0.2, 0.25) is 0 Å². The molecule has 0 aliphatic rings. The van der Waals surface area contributed by atoms with E-state index in [0.29, 0.717) is 5.75 Å². The Balaban J connectivity index is 2.41. The molecular weight excluding hydrogens is 220 g/mol. The van der Waals surface area contributed by atoms with Crippen LogP contribution >= 0.6 is 0 Å². The summed E-state index contributed by atoms with van der Waals surface area (Å²) in [6.45, 7) is 8.67. The van der Waals surface area contributed by atoms with Crippen molar-refractivity contribution in [2.45, 2.75) is 33.1 Å². The lowest BCUT2D eigenvalue weighted by Gasteiger charge is -2.19. The third-order valence-corrected chi connectivity index (χ3v) is 3.27. The monoisotopic (exact) mass is 240 g/mol. The van der Waals surface area contributed by atoms with Crippen LogP contribution in [0.1, 0.15) is 31.9 Å². The molecule has 0 fully saturated rings. The van der Waals surface area contributed by atoms with E-state index in [2.05, 4.69) is 45.0 Å². The molecule has 0 atom stereocenters. The number of aromatic hydroxyl groups is 1. The minimum Gasteiger partial charge on any atom is -0.508 e. The summed E-state index contributed by atoms with van der Waals surface area (Å²) >= 11 is 0. The molecular formula is C17H20O. The second-order valence-electron chi connectivity index (χ2n) is 5.83. The Hall–Kier alpha value is -1.76. The van der Waals surface area contributed by atoms with Crippen molar-refractivity contribution < 1.29 is 5.11 Å². The summed E-state index contributed by atoms with van der Waals surface area (Å²) in [6.07, 6.45) is 0. The van der Waals surface area contributed by atoms with Gasteiger partial charge in [-0.2, -0.15) is 0 Å². The number of phenolic OH excluding ortho intramolecular Hbond substituents is 1. The van der Waals surface area contributed by atoms with Crippen molar-refractivity contribution in [3.05, 3.63) is 53.6 Å². The molecule has 1 heteroatoms. The summed E-state index contributed by atoms with van der Waals surface area (Å²) in [5, 5.41) is 9.44. The van der Waals surface area contributed by atoms with E-state index in [1.807, 2.05) is 13.0 Å². The van der Waals surface area contributed by atoms with Crippen LogP contribution in [0.5, 0.6) is 5.75 Å². The topological polar surface area (TPSA) is 20.2 Å². The Morgan fingerprint density at radius 3 is 2.00 bits per heavy atom. The van der Waals surface area contributed by atoms with E-state index in [-0.39, 0.29) is 5.41 Å². The maximum atomic E-state index is 9.44. The fraction of sp³-hybridized carbons (Fsp3) is 0.294. The highest BCUT2D eigenvalue weighted by atomic mass is 16.3. The summed E-state index contributed by atoms with van der Waals surface area (Å²) in [5.41, 5.74) is 4.98. The molecule has 0 unspecified atom stereocenters. The molecule has 0 aliphatic carbocycles. The molecule has 18 heavy (non-hydrogen) atoms. The molecule has 0 aromatic heterocycles. The van der Waals surface area contributed by atoms with Crippen LogP contribution in [0.25, 0.3) is 11.1 Å². The molecule has 1 nitrogen and oxygen atoms in total. The third kappa shape index (κ3) is 2.56. The van der Waals surface area contributed by atoms with Gasteiger partial charge in [0.15, 0.2) is 0 Å². The highest BCUT2D eigenvalue weighted by Gasteiger charge is 2.13. The first kappa shape index (κ1) is 12.7. The third-order valence-electron chi connectivity index (χ3n) is 3.27. The summed E-state index contributed by atoms with van der Waals surface area (Å²) < 4.78 is 0. The molecule has 2 rings (SSSR count). The van der Waals surface area contributed by atoms with Gasteiger partial charge in [-0.3, -0.25) is 0 Å². The first-order chi connectivity index (χ1) is 8.38. The maximum absolute atomic E-state index is 9.44. The maximum Gasteiger partial charge on any atom is 0.115 e. The van der Waals surface area contributed by atoms with Crippen LogP contribution < -0.4 is 0 Å². The van der Waals surface area contributed by atoms with Crippen molar-refractivity contribution in [1.29, 1.82) is 0 Å². The van der Waals surface area contributed by atoms with Gasteiger partial charge in [-0.25, -0.2) is 0 Å². The average Bonchev–Trinajstić information content (AvgIpc) is 2.28. The number of hydrogen-bond acceptors (Lipinski definition) is 1. The fourth-order valence-electron chi connectivity index (χ4n) is 2.12. The van der Waals surface area contributed by atoms with E-state index in [4.69, 9.17) is 0 Å². The van der Waals surface area contributed by atoms with E-state index >= 15 is 0 Å². The highest BCUT2D eigenvalue weighted by molar-refractivity contribution is 5.68. The Bertz CT molecular complexity index is 545. The molecule has 0 aliphatic heterocycles. The highest BCUT2D eigenvalue weighted by Crippen LogP contribution is 2.29. The van der Waals surface area contributed by atoms with Crippen LogP contribution in [0.15, 0.2) is 42.5 Å². The predicted octanol–water partition coefficient (Wildman–Crippen LogP) is 4.67. The minimum atomic E-state index is 0.183. The van der Waals surface area contributed by atoms with Crippen LogP contribution in [0, 0.1) is 6.92 Å². The molecule has 0 saturated carbocycles. The average molecular weight is 240 g/mol. The molecule has 0 heterocycles. The Morgan fingerprint density at radius 2 is 1.50 bits per heavy atom. The SMILES string of the molecule is Cc1cc(O)ccc1-c1ccc(C(C)(C)C)cc1. The van der Waals surface area contributed by atoms with Crippen molar-refractivity contribution in [2.24, 2.45) is 0 Å². The Morgan fingerprint density at radius 1 is 0.889 bits per heavy atom. The largest absolute Gasteiger partial charge is 0.508 e. The zero-order valence-electron chi connectivity index (χ0n) is 11.5. The normalized spacial score (nSPS) is 11.6. The lowest BCUT2D eigenvalue weighted by Crippen LogP contribution is -2.10. The first-order valence-electron chi connectivity index (χ1n) is 6.28. The van der Waals surface area contributed by atoms with E-state index in [1.54, 1.807) is 12.1 Å². The van der Waals surface area contributed by atoms with E-state index in [9.17, 15) is 5.11 Å². The molecule has 2 aromatic carbocycles. The molecule has 0 bridgehead atoms. The molecule has 2 aromatic rings. The van der Waals surface area contributed by atoms with Crippen LogP contribution in [0.3, 0.4) is 0 Å². The van der Waals surface area contributed by atoms with E-state index < -0.39 is 0 Å². The van der Waals surface area contributed by atoms with Crippen LogP contribution in [0.4, 0.5) is 0 Å². The molecule has 0 spiro atoms. The smallest absolute Gasteiger partial charge is 0.115 e.